The molecule has 0 aromatic carbocycles. The number of anilines is 2. The fourth-order valence-corrected chi connectivity index (χ4v) is 5.25. The molecule has 2 rings (SSSR count). The second-order valence-electron chi connectivity index (χ2n) is 4.95. The molecule has 0 unspecified atom stereocenters. The molecular weight excluding hydrogens is 477 g/mol. The van der Waals surface area contributed by atoms with E-state index in [1.807, 2.05) is 12.5 Å². The average molecular weight is 495 g/mol. The summed E-state index contributed by atoms with van der Waals surface area (Å²) in [6.07, 6.45) is 3.67. The molecule has 0 atom stereocenters. The van der Waals surface area contributed by atoms with Gasteiger partial charge in [-0.25, -0.2) is 9.59 Å². The van der Waals surface area contributed by atoms with Gasteiger partial charge in [-0.15, -0.1) is 46.2 Å². The molecule has 0 saturated heterocycles. The number of hydrogen-bond acceptors (Lipinski definition) is 10. The van der Waals surface area contributed by atoms with E-state index in [2.05, 4.69) is 10.6 Å². The first-order valence-electron chi connectivity index (χ1n) is 8.01. The first-order chi connectivity index (χ1) is 13.4. The van der Waals surface area contributed by atoms with Gasteiger partial charge in [0.1, 0.15) is 18.4 Å². The van der Waals surface area contributed by atoms with Crippen LogP contribution < -0.4 is 10.6 Å². The minimum atomic E-state index is -0.446. The number of rotatable bonds is 6. The number of fused-ring (bicyclic) bond motifs is 1. The first-order valence-corrected chi connectivity index (χ1v) is 12.9. The maximum atomic E-state index is 12.5. The fraction of sp³-hybridized carbons (Fsp3) is 0.375. The van der Waals surface area contributed by atoms with Gasteiger partial charge in [0.2, 0.25) is 0 Å². The average Bonchev–Trinajstić information content (AvgIpc) is 3.19. The molecule has 2 N–H and O–H groups in total. The Labute approximate surface area is 190 Å². The SMILES string of the molecule is CCOC(=O)c1sc2sc(C(=O)OCC)c(NC(=S)SC)c2c1NC(=S)SC. The summed E-state index contributed by atoms with van der Waals surface area (Å²) < 4.78 is 12.1. The molecule has 12 heteroatoms. The molecule has 152 valence electrons. The zero-order valence-electron chi connectivity index (χ0n) is 15.5. The molecule has 0 aliphatic rings. The smallest absolute Gasteiger partial charge is 0.350 e. The first kappa shape index (κ1) is 23.4. The highest BCUT2D eigenvalue weighted by Gasteiger charge is 2.29. The Hall–Kier alpha value is -0.920. The van der Waals surface area contributed by atoms with Crippen molar-refractivity contribution in [3.8, 4) is 0 Å². The summed E-state index contributed by atoms with van der Waals surface area (Å²) in [5.74, 6) is -0.892. The summed E-state index contributed by atoms with van der Waals surface area (Å²) in [5, 5.41) is 6.89. The summed E-state index contributed by atoms with van der Waals surface area (Å²) in [4.78, 5) is 25.7. The third-order valence-corrected chi connectivity index (χ3v) is 7.87. The number of ether oxygens (including phenoxy) is 2. The fourth-order valence-electron chi connectivity index (χ4n) is 2.19. The Morgan fingerprint density at radius 1 is 0.893 bits per heavy atom. The molecule has 0 amide bonds. The van der Waals surface area contributed by atoms with E-state index in [1.54, 1.807) is 13.8 Å². The van der Waals surface area contributed by atoms with Gasteiger partial charge in [-0.05, 0) is 26.4 Å². The van der Waals surface area contributed by atoms with Gasteiger partial charge >= 0.3 is 11.9 Å². The quantitative estimate of drug-likeness (QED) is 0.401. The number of thiophene rings is 2. The standard InChI is InChI=1S/C16H18N2O4S6/c1-5-21-12(19)10-8(17-15(23)25-3)7-9(18-16(24)26-4)11(13(20)22-6-2)28-14(7)27-10/h5-6H2,1-4H3,(H,17,23)(H,18,24). The minimum absolute atomic E-state index is 0.256. The number of esters is 2. The molecule has 6 nitrogen and oxygen atoms in total. The Bertz CT molecular complexity index is 851. The van der Waals surface area contributed by atoms with Crippen molar-refractivity contribution in [1.29, 1.82) is 0 Å². The zero-order valence-corrected chi connectivity index (χ0v) is 20.4. The predicted molar refractivity (Wildman–Crippen MR) is 131 cm³/mol. The highest BCUT2D eigenvalue weighted by atomic mass is 32.2. The number of thiocarbonyl (C=S) groups is 2. The van der Waals surface area contributed by atoms with Gasteiger partial charge < -0.3 is 20.1 Å². The van der Waals surface area contributed by atoms with Crippen LogP contribution in [0.4, 0.5) is 11.4 Å². The van der Waals surface area contributed by atoms with Crippen LogP contribution in [0, 0.1) is 0 Å². The molecule has 0 saturated carbocycles. The molecule has 2 aromatic rings. The van der Waals surface area contributed by atoms with E-state index in [4.69, 9.17) is 33.9 Å². The van der Waals surface area contributed by atoms with Crippen molar-refractivity contribution in [1.82, 2.24) is 0 Å². The van der Waals surface area contributed by atoms with Crippen LogP contribution >= 0.6 is 70.6 Å². The molecular formula is C16H18N2O4S6. The number of thioether (sulfide) groups is 2. The number of hydrogen-bond donors (Lipinski definition) is 2. The molecule has 0 aliphatic heterocycles. The molecule has 28 heavy (non-hydrogen) atoms. The van der Waals surface area contributed by atoms with E-state index in [1.165, 1.54) is 46.2 Å². The molecule has 0 spiro atoms. The van der Waals surface area contributed by atoms with E-state index >= 15 is 0 Å². The van der Waals surface area contributed by atoms with Crippen molar-refractivity contribution < 1.29 is 19.1 Å². The molecule has 2 heterocycles. The lowest BCUT2D eigenvalue weighted by atomic mass is 10.2. The molecule has 2 aromatic heterocycles. The van der Waals surface area contributed by atoms with Crippen molar-refractivity contribution >= 4 is 112 Å². The third kappa shape index (κ3) is 5.16. The largest absolute Gasteiger partial charge is 0.462 e. The van der Waals surface area contributed by atoms with Gasteiger partial charge in [0, 0.05) is 0 Å². The lowest BCUT2D eigenvalue weighted by Gasteiger charge is -2.11. The van der Waals surface area contributed by atoms with Gasteiger partial charge in [-0.3, -0.25) is 0 Å². The zero-order chi connectivity index (χ0) is 20.8. The van der Waals surface area contributed by atoms with Crippen molar-refractivity contribution in [2.75, 3.05) is 36.4 Å². The second kappa shape index (κ2) is 10.7. The summed E-state index contributed by atoms with van der Waals surface area (Å²) in [6, 6.07) is 0. The molecule has 0 radical (unpaired) electrons. The molecule has 0 fully saturated rings. The van der Waals surface area contributed by atoms with E-state index in [0.29, 0.717) is 35.2 Å². The second-order valence-corrected chi connectivity index (χ2v) is 10.2. The van der Waals surface area contributed by atoms with Crippen molar-refractivity contribution in [2.45, 2.75) is 13.8 Å². The van der Waals surface area contributed by atoms with Crippen LogP contribution in [-0.2, 0) is 9.47 Å². The number of nitrogens with one attached hydrogen (secondary N) is 2. The topological polar surface area (TPSA) is 76.7 Å². The van der Waals surface area contributed by atoms with E-state index in [9.17, 15) is 9.59 Å². The maximum absolute atomic E-state index is 12.5. The van der Waals surface area contributed by atoms with Crippen molar-refractivity contribution in [3.05, 3.63) is 9.75 Å². The van der Waals surface area contributed by atoms with Crippen molar-refractivity contribution in [3.63, 3.8) is 0 Å². The van der Waals surface area contributed by atoms with Gasteiger partial charge in [0.05, 0.1) is 34.0 Å². The lowest BCUT2D eigenvalue weighted by molar-refractivity contribution is 0.0524. The van der Waals surface area contributed by atoms with Crippen molar-refractivity contribution in [2.24, 2.45) is 0 Å². The normalized spacial score (nSPS) is 10.6. The number of carbonyl (C=O) groups is 2. The van der Waals surface area contributed by atoms with E-state index < -0.39 is 11.9 Å². The maximum Gasteiger partial charge on any atom is 0.350 e. The Morgan fingerprint density at radius 3 is 1.61 bits per heavy atom. The highest BCUT2D eigenvalue weighted by Crippen LogP contribution is 2.48. The summed E-state index contributed by atoms with van der Waals surface area (Å²) >= 11 is 15.8. The Kier molecular flexibility index (Phi) is 8.96. The summed E-state index contributed by atoms with van der Waals surface area (Å²) in [7, 11) is 0. The number of carbonyl (C=O) groups excluding carboxylic acids is 2. The monoisotopic (exact) mass is 494 g/mol. The van der Waals surface area contributed by atoms with Gasteiger partial charge in [0.25, 0.3) is 0 Å². The van der Waals surface area contributed by atoms with Crippen LogP contribution in [-0.4, -0.2) is 46.3 Å². The third-order valence-electron chi connectivity index (χ3n) is 3.29. The lowest BCUT2D eigenvalue weighted by Crippen LogP contribution is -2.12. The van der Waals surface area contributed by atoms with Gasteiger partial charge in [-0.1, -0.05) is 24.4 Å². The van der Waals surface area contributed by atoms with Crippen LogP contribution in [0.5, 0.6) is 0 Å². The van der Waals surface area contributed by atoms with Crippen LogP contribution in [0.15, 0.2) is 0 Å². The van der Waals surface area contributed by atoms with Crippen LogP contribution in [0.2, 0.25) is 0 Å². The van der Waals surface area contributed by atoms with Crippen LogP contribution in [0.1, 0.15) is 33.2 Å². The van der Waals surface area contributed by atoms with Crippen LogP contribution in [0.3, 0.4) is 0 Å². The highest BCUT2D eigenvalue weighted by molar-refractivity contribution is 8.23. The summed E-state index contributed by atoms with van der Waals surface area (Å²) in [6.45, 7) is 4.01. The van der Waals surface area contributed by atoms with Gasteiger partial charge in [-0.2, -0.15) is 0 Å². The minimum Gasteiger partial charge on any atom is -0.462 e. The molecule has 0 bridgehead atoms. The Morgan fingerprint density at radius 2 is 1.29 bits per heavy atom. The summed E-state index contributed by atoms with van der Waals surface area (Å²) in [5.41, 5.74) is 1.02. The van der Waals surface area contributed by atoms with Crippen LogP contribution in [0.25, 0.3) is 9.40 Å². The van der Waals surface area contributed by atoms with Gasteiger partial charge in [0.15, 0.2) is 0 Å². The van der Waals surface area contributed by atoms with E-state index in [-0.39, 0.29) is 13.2 Å². The Balaban J connectivity index is 2.73. The van der Waals surface area contributed by atoms with E-state index in [0.717, 1.165) is 4.01 Å². The molecule has 0 aliphatic carbocycles. The predicted octanol–water partition coefficient (Wildman–Crippen LogP) is 5.44.